The topological polar surface area (TPSA) is 130 Å². The van der Waals surface area contributed by atoms with E-state index in [1.54, 1.807) is 37.8 Å². The molecule has 1 atom stereocenters. The van der Waals surface area contributed by atoms with Crippen molar-refractivity contribution in [3.63, 3.8) is 0 Å². The number of aliphatic imine (C=N–C) groups is 1. The van der Waals surface area contributed by atoms with Gasteiger partial charge in [0.1, 0.15) is 24.0 Å². The van der Waals surface area contributed by atoms with Crippen molar-refractivity contribution in [3.8, 4) is 11.8 Å². The first kappa shape index (κ1) is 30.1. The van der Waals surface area contributed by atoms with Crippen LogP contribution in [0.4, 0.5) is 13.6 Å². The standard InChI is InChI=1S/C29H33F2N5O4/c1-29(2,3)40-28(38)35-21-6-5-11-36(17-21)26(37)16-34-27(19-9-10-25(39-4)24(31)13-19)22(15-33)18-7-8-20(14-32)23(30)12-18/h7-10,12-13,15,21H,5-6,11,16-17,33H2,1-4H3,(H,35,38)/t21-/m1/s1. The van der Waals surface area contributed by atoms with E-state index in [4.69, 9.17) is 20.5 Å². The highest BCUT2D eigenvalue weighted by molar-refractivity contribution is 6.32. The molecule has 1 heterocycles. The van der Waals surface area contributed by atoms with Crippen LogP contribution in [0.1, 0.15) is 50.3 Å². The van der Waals surface area contributed by atoms with E-state index in [-0.39, 0.29) is 53.2 Å². The maximum absolute atomic E-state index is 14.6. The van der Waals surface area contributed by atoms with Crippen molar-refractivity contribution < 1.29 is 27.8 Å². The predicted octanol–water partition coefficient (Wildman–Crippen LogP) is 4.15. The van der Waals surface area contributed by atoms with Gasteiger partial charge in [-0.15, -0.1) is 0 Å². The smallest absolute Gasteiger partial charge is 0.407 e. The number of hydrogen-bond donors (Lipinski definition) is 2. The highest BCUT2D eigenvalue weighted by Crippen LogP contribution is 2.26. The van der Waals surface area contributed by atoms with Gasteiger partial charge in [-0.3, -0.25) is 9.79 Å². The zero-order valence-corrected chi connectivity index (χ0v) is 23.0. The van der Waals surface area contributed by atoms with Gasteiger partial charge in [0.15, 0.2) is 11.6 Å². The number of amides is 2. The SMILES string of the molecule is COc1ccc(C(=NCC(=O)N2CCC[C@@H](NC(=O)OC(C)(C)C)C2)C(=CN)c2ccc(C#N)c(F)c2)cc1F. The fraction of sp³-hybridized carbons (Fsp3) is 0.379. The van der Waals surface area contributed by atoms with Crippen LogP contribution >= 0.6 is 0 Å². The lowest BCUT2D eigenvalue weighted by atomic mass is 9.95. The van der Waals surface area contributed by atoms with Crippen LogP contribution in [0.3, 0.4) is 0 Å². The third kappa shape index (κ3) is 7.79. The second-order valence-corrected chi connectivity index (χ2v) is 10.2. The van der Waals surface area contributed by atoms with E-state index in [1.165, 1.54) is 37.6 Å². The number of alkyl carbamates (subject to hydrolysis) is 1. The van der Waals surface area contributed by atoms with Gasteiger partial charge in [-0.05, 0) is 69.5 Å². The molecule has 0 radical (unpaired) electrons. The summed E-state index contributed by atoms with van der Waals surface area (Å²) in [6.45, 7) is 5.75. The lowest BCUT2D eigenvalue weighted by Crippen LogP contribution is -2.51. The summed E-state index contributed by atoms with van der Waals surface area (Å²) in [5.74, 6) is -1.72. The first-order valence-corrected chi connectivity index (χ1v) is 12.7. The van der Waals surface area contributed by atoms with Gasteiger partial charge in [0.2, 0.25) is 5.91 Å². The van der Waals surface area contributed by atoms with Crippen LogP contribution in [0.15, 0.2) is 47.6 Å². The van der Waals surface area contributed by atoms with E-state index in [0.29, 0.717) is 24.9 Å². The molecule has 1 aliphatic rings. The highest BCUT2D eigenvalue weighted by Gasteiger charge is 2.27. The number of carbonyl (C=O) groups is 2. The van der Waals surface area contributed by atoms with Crippen molar-refractivity contribution in [1.29, 1.82) is 5.26 Å². The van der Waals surface area contributed by atoms with Crippen LogP contribution < -0.4 is 15.8 Å². The molecule has 0 bridgehead atoms. The molecule has 2 aromatic carbocycles. The van der Waals surface area contributed by atoms with Gasteiger partial charge in [0.05, 0.1) is 18.4 Å². The van der Waals surface area contributed by atoms with Crippen molar-refractivity contribution in [3.05, 3.63) is 70.9 Å². The summed E-state index contributed by atoms with van der Waals surface area (Å²) in [6.07, 6.45) is 1.99. The van der Waals surface area contributed by atoms with E-state index in [2.05, 4.69) is 10.3 Å². The molecule has 0 aromatic heterocycles. The number of piperidine rings is 1. The minimum absolute atomic E-state index is 0.0127. The van der Waals surface area contributed by atoms with Crippen LogP contribution in [0.25, 0.3) is 5.57 Å². The van der Waals surface area contributed by atoms with Gasteiger partial charge in [-0.25, -0.2) is 13.6 Å². The summed E-state index contributed by atoms with van der Waals surface area (Å²) in [5.41, 5.74) is 6.10. The Hall–Kier alpha value is -4.46. The summed E-state index contributed by atoms with van der Waals surface area (Å²) in [6, 6.07) is 9.55. The summed E-state index contributed by atoms with van der Waals surface area (Å²) >= 11 is 0. The van der Waals surface area contributed by atoms with Crippen LogP contribution in [-0.2, 0) is 9.53 Å². The Morgan fingerprint density at radius 2 is 1.90 bits per heavy atom. The maximum Gasteiger partial charge on any atom is 0.407 e. The van der Waals surface area contributed by atoms with Crippen molar-refractivity contribution in [2.45, 2.75) is 45.3 Å². The monoisotopic (exact) mass is 553 g/mol. The summed E-state index contributed by atoms with van der Waals surface area (Å²) in [7, 11) is 1.33. The van der Waals surface area contributed by atoms with Crippen LogP contribution in [0.5, 0.6) is 5.75 Å². The lowest BCUT2D eigenvalue weighted by Gasteiger charge is -2.33. The molecule has 0 spiro atoms. The van der Waals surface area contributed by atoms with Gasteiger partial charge < -0.3 is 25.4 Å². The molecule has 2 aromatic rings. The molecule has 11 heteroatoms. The van der Waals surface area contributed by atoms with Gasteiger partial charge in [-0.1, -0.05) is 6.07 Å². The molecule has 40 heavy (non-hydrogen) atoms. The third-order valence-corrected chi connectivity index (χ3v) is 6.11. The molecule has 0 unspecified atom stereocenters. The Kier molecular flexibility index (Phi) is 9.82. The number of hydrogen-bond acceptors (Lipinski definition) is 7. The first-order valence-electron chi connectivity index (χ1n) is 12.7. The van der Waals surface area contributed by atoms with E-state index in [9.17, 15) is 18.4 Å². The maximum atomic E-state index is 14.6. The minimum Gasteiger partial charge on any atom is -0.494 e. The molecule has 1 saturated heterocycles. The Labute approximate surface area is 232 Å². The van der Waals surface area contributed by atoms with Gasteiger partial charge in [-0.2, -0.15) is 5.26 Å². The number of allylic oxidation sites excluding steroid dienone is 1. The van der Waals surface area contributed by atoms with Crippen LogP contribution in [0.2, 0.25) is 0 Å². The molecular weight excluding hydrogens is 520 g/mol. The van der Waals surface area contributed by atoms with Gasteiger partial charge in [0, 0.05) is 36.5 Å². The number of halogens is 2. The number of nitrogens with zero attached hydrogens (tertiary/aromatic N) is 3. The Morgan fingerprint density at radius 1 is 1.20 bits per heavy atom. The van der Waals surface area contributed by atoms with Crippen LogP contribution in [-0.4, -0.2) is 61.0 Å². The predicted molar refractivity (Wildman–Crippen MR) is 147 cm³/mol. The normalized spacial score (nSPS) is 16.2. The van der Waals surface area contributed by atoms with Crippen molar-refractivity contribution in [2.24, 2.45) is 10.7 Å². The van der Waals surface area contributed by atoms with Gasteiger partial charge in [0.25, 0.3) is 0 Å². The molecule has 3 N–H and O–H groups in total. The van der Waals surface area contributed by atoms with Crippen LogP contribution in [0, 0.1) is 23.0 Å². The molecule has 9 nitrogen and oxygen atoms in total. The summed E-state index contributed by atoms with van der Waals surface area (Å²) < 4.78 is 39.4. The Morgan fingerprint density at radius 3 is 2.50 bits per heavy atom. The number of nitriles is 1. The Balaban J connectivity index is 1.88. The highest BCUT2D eigenvalue weighted by atomic mass is 19.1. The van der Waals surface area contributed by atoms with E-state index >= 15 is 0 Å². The van der Waals surface area contributed by atoms with Crippen molar-refractivity contribution in [1.82, 2.24) is 10.2 Å². The minimum atomic E-state index is -0.757. The van der Waals surface area contributed by atoms with E-state index in [1.807, 2.05) is 0 Å². The molecule has 2 amide bonds. The molecule has 1 aliphatic heterocycles. The van der Waals surface area contributed by atoms with Gasteiger partial charge >= 0.3 is 6.09 Å². The fourth-order valence-electron chi connectivity index (χ4n) is 4.27. The number of carbonyl (C=O) groups excluding carboxylic acids is 2. The quantitative estimate of drug-likeness (QED) is 0.496. The number of nitrogens with two attached hydrogens (primary N) is 1. The first-order chi connectivity index (χ1) is 18.9. The average Bonchev–Trinajstić information content (AvgIpc) is 2.89. The molecule has 0 aliphatic carbocycles. The largest absolute Gasteiger partial charge is 0.494 e. The second kappa shape index (κ2) is 13.1. The molecule has 0 saturated carbocycles. The summed E-state index contributed by atoms with van der Waals surface area (Å²) in [5, 5.41) is 11.9. The number of rotatable bonds is 7. The average molecular weight is 554 g/mol. The number of methoxy groups -OCH3 is 1. The fourth-order valence-corrected chi connectivity index (χ4v) is 4.27. The zero-order chi connectivity index (χ0) is 29.4. The number of ether oxygens (including phenoxy) is 2. The van der Waals surface area contributed by atoms with Crippen molar-refractivity contribution >= 4 is 23.3 Å². The number of benzene rings is 2. The van der Waals surface area contributed by atoms with E-state index in [0.717, 1.165) is 6.07 Å². The Bertz CT molecular complexity index is 1360. The number of nitrogens with one attached hydrogen (secondary N) is 1. The lowest BCUT2D eigenvalue weighted by molar-refractivity contribution is -0.130. The second-order valence-electron chi connectivity index (χ2n) is 10.2. The third-order valence-electron chi connectivity index (χ3n) is 6.11. The molecule has 1 fully saturated rings. The van der Waals surface area contributed by atoms with E-state index < -0.39 is 23.3 Å². The molecule has 212 valence electrons. The van der Waals surface area contributed by atoms with Crippen molar-refractivity contribution in [2.75, 3.05) is 26.7 Å². The number of likely N-dealkylation sites (tertiary alicyclic amines) is 1. The summed E-state index contributed by atoms with van der Waals surface area (Å²) in [4.78, 5) is 31.5. The molecular formula is C29H33F2N5O4. The zero-order valence-electron chi connectivity index (χ0n) is 23.0. The molecule has 3 rings (SSSR count).